The number of nitrogens with zero attached hydrogens (tertiary/aromatic N) is 1. The summed E-state index contributed by atoms with van der Waals surface area (Å²) in [6.07, 6.45) is 2.65. The van der Waals surface area contributed by atoms with Gasteiger partial charge >= 0.3 is 0 Å². The van der Waals surface area contributed by atoms with E-state index < -0.39 is 0 Å². The predicted octanol–water partition coefficient (Wildman–Crippen LogP) is 0.0709. The van der Waals surface area contributed by atoms with Gasteiger partial charge in [0.05, 0.1) is 18.8 Å². The summed E-state index contributed by atoms with van der Waals surface area (Å²) in [5.74, 6) is 0. The van der Waals surface area contributed by atoms with Crippen LogP contribution < -0.4 is 5.73 Å². The molecule has 84 valence electrons. The molecule has 4 heteroatoms. The van der Waals surface area contributed by atoms with Gasteiger partial charge in [0, 0.05) is 26.7 Å². The Morgan fingerprint density at radius 1 is 1.43 bits per heavy atom. The Morgan fingerprint density at radius 3 is 2.57 bits per heavy atom. The van der Waals surface area contributed by atoms with Gasteiger partial charge in [-0.2, -0.15) is 0 Å². The lowest BCUT2D eigenvalue weighted by atomic mass is 10.1. The van der Waals surface area contributed by atoms with Crippen LogP contribution in [0.4, 0.5) is 0 Å². The first-order valence-corrected chi connectivity index (χ1v) is 5.29. The third kappa shape index (κ3) is 3.92. The van der Waals surface area contributed by atoms with Crippen molar-refractivity contribution in [3.63, 3.8) is 0 Å². The zero-order valence-corrected chi connectivity index (χ0v) is 9.24. The fourth-order valence-corrected chi connectivity index (χ4v) is 1.74. The molecule has 1 aliphatic heterocycles. The molecular weight excluding hydrogens is 180 g/mol. The highest BCUT2D eigenvalue weighted by Gasteiger charge is 2.20. The number of nitrogens with two attached hydrogens (primary N) is 1. The van der Waals surface area contributed by atoms with Crippen molar-refractivity contribution < 1.29 is 9.47 Å². The van der Waals surface area contributed by atoms with Crippen LogP contribution in [-0.2, 0) is 9.47 Å². The summed E-state index contributed by atoms with van der Waals surface area (Å²) in [6.45, 7) is 3.38. The fraction of sp³-hybridized carbons (Fsp3) is 1.00. The highest BCUT2D eigenvalue weighted by molar-refractivity contribution is 4.72. The van der Waals surface area contributed by atoms with E-state index in [0.29, 0.717) is 19.3 Å². The molecule has 0 saturated carbocycles. The van der Waals surface area contributed by atoms with Gasteiger partial charge in [-0.25, -0.2) is 0 Å². The van der Waals surface area contributed by atoms with Crippen LogP contribution in [0.2, 0.25) is 0 Å². The fourth-order valence-electron chi connectivity index (χ4n) is 1.74. The average molecular weight is 202 g/mol. The quantitative estimate of drug-likeness (QED) is 0.685. The number of hydrogen-bond donors (Lipinski definition) is 1. The van der Waals surface area contributed by atoms with Gasteiger partial charge in [-0.1, -0.05) is 0 Å². The van der Waals surface area contributed by atoms with E-state index >= 15 is 0 Å². The predicted molar refractivity (Wildman–Crippen MR) is 56.3 cm³/mol. The number of piperidine rings is 1. The molecule has 0 spiro atoms. The van der Waals surface area contributed by atoms with Crippen molar-refractivity contribution in [2.75, 3.05) is 40.4 Å². The summed E-state index contributed by atoms with van der Waals surface area (Å²) in [5.41, 5.74) is 5.59. The van der Waals surface area contributed by atoms with E-state index in [-0.39, 0.29) is 6.10 Å². The number of rotatable bonds is 5. The van der Waals surface area contributed by atoms with E-state index in [1.54, 1.807) is 7.11 Å². The molecule has 4 nitrogen and oxygen atoms in total. The monoisotopic (exact) mass is 202 g/mol. The van der Waals surface area contributed by atoms with Crippen molar-refractivity contribution in [2.24, 2.45) is 5.73 Å². The third-order valence-corrected chi connectivity index (χ3v) is 2.67. The highest BCUT2D eigenvalue weighted by atomic mass is 16.5. The summed E-state index contributed by atoms with van der Waals surface area (Å²) >= 11 is 0. The first kappa shape index (κ1) is 11.9. The molecule has 0 amide bonds. The van der Waals surface area contributed by atoms with Crippen LogP contribution in [0.1, 0.15) is 12.8 Å². The molecule has 1 atom stereocenters. The van der Waals surface area contributed by atoms with Crippen molar-refractivity contribution in [3.05, 3.63) is 0 Å². The molecule has 1 saturated heterocycles. The molecule has 1 aliphatic rings. The van der Waals surface area contributed by atoms with Crippen LogP contribution in [0.15, 0.2) is 0 Å². The molecule has 0 aromatic heterocycles. The van der Waals surface area contributed by atoms with Crippen molar-refractivity contribution >= 4 is 0 Å². The molecule has 1 rings (SSSR count). The van der Waals surface area contributed by atoms with Crippen LogP contribution in [0, 0.1) is 0 Å². The number of hydrogen-bond acceptors (Lipinski definition) is 4. The van der Waals surface area contributed by atoms with Crippen molar-refractivity contribution in [3.8, 4) is 0 Å². The Balaban J connectivity index is 2.21. The largest absolute Gasteiger partial charge is 0.382 e. The second-order valence-electron chi connectivity index (χ2n) is 3.95. The Hall–Kier alpha value is -0.160. The van der Waals surface area contributed by atoms with Crippen LogP contribution in [0.5, 0.6) is 0 Å². The van der Waals surface area contributed by atoms with Crippen LogP contribution in [0.3, 0.4) is 0 Å². The normalized spacial score (nSPS) is 22.5. The minimum Gasteiger partial charge on any atom is -0.382 e. The van der Waals surface area contributed by atoms with Gasteiger partial charge in [0.1, 0.15) is 0 Å². The molecule has 0 bridgehead atoms. The lowest BCUT2D eigenvalue weighted by molar-refractivity contribution is -0.0628. The van der Waals surface area contributed by atoms with E-state index in [9.17, 15) is 0 Å². The molecule has 2 N–H and O–H groups in total. The van der Waals surface area contributed by atoms with E-state index in [1.807, 2.05) is 0 Å². The number of ether oxygens (including phenoxy) is 2. The maximum Gasteiger partial charge on any atom is 0.0933 e. The smallest absolute Gasteiger partial charge is 0.0933 e. The van der Waals surface area contributed by atoms with Gasteiger partial charge in [-0.15, -0.1) is 0 Å². The Morgan fingerprint density at radius 2 is 2.07 bits per heavy atom. The summed E-state index contributed by atoms with van der Waals surface area (Å²) in [7, 11) is 3.83. The SMILES string of the molecule is COCC(CN)OC1CCN(C)CC1. The van der Waals surface area contributed by atoms with Gasteiger partial charge < -0.3 is 20.1 Å². The number of methoxy groups -OCH3 is 1. The molecule has 0 radical (unpaired) electrons. The van der Waals surface area contributed by atoms with Crippen molar-refractivity contribution in [2.45, 2.75) is 25.0 Å². The van der Waals surface area contributed by atoms with E-state index in [2.05, 4.69) is 11.9 Å². The molecule has 14 heavy (non-hydrogen) atoms. The zero-order valence-electron chi connectivity index (χ0n) is 9.24. The maximum atomic E-state index is 5.85. The molecule has 0 aromatic rings. The topological polar surface area (TPSA) is 47.7 Å². The van der Waals surface area contributed by atoms with E-state index in [1.165, 1.54) is 0 Å². The second kappa shape index (κ2) is 6.35. The summed E-state index contributed by atoms with van der Waals surface area (Å²) in [5, 5.41) is 0. The molecule has 0 aliphatic carbocycles. The summed E-state index contributed by atoms with van der Waals surface area (Å²) in [4.78, 5) is 2.33. The molecule has 0 aromatic carbocycles. The Kier molecular flexibility index (Phi) is 5.40. The lowest BCUT2D eigenvalue weighted by Crippen LogP contribution is -2.39. The average Bonchev–Trinajstić information content (AvgIpc) is 2.20. The van der Waals surface area contributed by atoms with Crippen molar-refractivity contribution in [1.29, 1.82) is 0 Å². The molecule has 1 fully saturated rings. The van der Waals surface area contributed by atoms with E-state index in [4.69, 9.17) is 15.2 Å². The zero-order chi connectivity index (χ0) is 10.4. The van der Waals surface area contributed by atoms with Gasteiger partial charge in [0.25, 0.3) is 0 Å². The maximum absolute atomic E-state index is 5.85. The van der Waals surface area contributed by atoms with Gasteiger partial charge in [-0.05, 0) is 19.9 Å². The minimum absolute atomic E-state index is 0.0633. The summed E-state index contributed by atoms with van der Waals surface area (Å²) < 4.78 is 10.9. The van der Waals surface area contributed by atoms with Gasteiger partial charge in [-0.3, -0.25) is 0 Å². The minimum atomic E-state index is 0.0633. The molecule has 1 unspecified atom stereocenters. The molecular formula is C10H22N2O2. The number of likely N-dealkylation sites (tertiary alicyclic amines) is 1. The molecule has 1 heterocycles. The van der Waals surface area contributed by atoms with Crippen molar-refractivity contribution in [1.82, 2.24) is 4.90 Å². The summed E-state index contributed by atoms with van der Waals surface area (Å²) in [6, 6.07) is 0. The van der Waals surface area contributed by atoms with Crippen LogP contribution in [-0.4, -0.2) is 57.5 Å². The Bertz CT molecular complexity index is 147. The third-order valence-electron chi connectivity index (χ3n) is 2.67. The van der Waals surface area contributed by atoms with Crippen LogP contribution >= 0.6 is 0 Å². The standard InChI is InChI=1S/C10H22N2O2/c1-12-5-3-9(4-6-12)14-10(7-11)8-13-2/h9-10H,3-8,11H2,1-2H3. The first-order valence-electron chi connectivity index (χ1n) is 5.29. The second-order valence-corrected chi connectivity index (χ2v) is 3.95. The van der Waals surface area contributed by atoms with Gasteiger partial charge in [0.2, 0.25) is 0 Å². The lowest BCUT2D eigenvalue weighted by Gasteiger charge is -2.31. The van der Waals surface area contributed by atoms with Gasteiger partial charge in [0.15, 0.2) is 0 Å². The Labute approximate surface area is 86.3 Å². The highest BCUT2D eigenvalue weighted by Crippen LogP contribution is 2.13. The first-order chi connectivity index (χ1) is 6.76. The van der Waals surface area contributed by atoms with E-state index in [0.717, 1.165) is 25.9 Å². The van der Waals surface area contributed by atoms with Crippen LogP contribution in [0.25, 0.3) is 0 Å².